The van der Waals surface area contributed by atoms with Gasteiger partial charge in [0.05, 0.1) is 11.2 Å². The van der Waals surface area contributed by atoms with Crippen molar-refractivity contribution >= 4 is 7.12 Å². The molecule has 5 heteroatoms. The summed E-state index contributed by atoms with van der Waals surface area (Å²) in [5.41, 5.74) is 4.26. The number of hydrogen-bond donors (Lipinski definition) is 0. The van der Waals surface area contributed by atoms with Gasteiger partial charge in [-0.2, -0.15) is 0 Å². The van der Waals surface area contributed by atoms with Gasteiger partial charge in [-0.15, -0.1) is 0 Å². The number of rotatable bonds is 11. The minimum absolute atomic E-state index is 0.0933. The first-order valence-electron chi connectivity index (χ1n) is 15.2. The predicted molar refractivity (Wildman–Crippen MR) is 170 cm³/mol. The van der Waals surface area contributed by atoms with E-state index >= 15 is 0 Å². The van der Waals surface area contributed by atoms with Crippen molar-refractivity contribution in [3.05, 3.63) is 138 Å². The van der Waals surface area contributed by atoms with Crippen LogP contribution in [0, 0.1) is 0 Å². The molecule has 2 fully saturated rings. The minimum Gasteiger partial charge on any atom is -0.489 e. The van der Waals surface area contributed by atoms with Crippen molar-refractivity contribution in [3.8, 4) is 5.75 Å². The second kappa shape index (κ2) is 11.7. The van der Waals surface area contributed by atoms with Crippen molar-refractivity contribution < 1.29 is 14.0 Å². The molecular weight excluding hydrogens is 517 g/mol. The zero-order valence-corrected chi connectivity index (χ0v) is 25.3. The lowest BCUT2D eigenvalue weighted by Crippen LogP contribution is -2.41. The van der Waals surface area contributed by atoms with Crippen molar-refractivity contribution in [2.24, 2.45) is 0 Å². The fourth-order valence-electron chi connectivity index (χ4n) is 6.13. The van der Waals surface area contributed by atoms with Crippen LogP contribution in [-0.2, 0) is 29.0 Å². The maximum Gasteiger partial charge on any atom is 0.466 e. The standard InChI is InChI=1S/C37H42BNO3/c1-35(2)36(3,4)42-38(41-35)37(24-25-37)34(32-20-22-33(23-21-32)40-28-31-18-12-7-13-19-31)39(26-29-14-8-5-9-15-29)27-30-16-10-6-11-17-30/h5-23,34H,24-28H2,1-4H3. The van der Waals surface area contributed by atoms with E-state index in [9.17, 15) is 0 Å². The first kappa shape index (κ1) is 28.7. The maximum atomic E-state index is 6.78. The highest BCUT2D eigenvalue weighted by Gasteiger charge is 2.68. The molecule has 4 aromatic rings. The molecule has 1 aliphatic carbocycles. The molecule has 4 nitrogen and oxygen atoms in total. The van der Waals surface area contributed by atoms with Gasteiger partial charge in [0.25, 0.3) is 0 Å². The van der Waals surface area contributed by atoms with E-state index in [1.54, 1.807) is 0 Å². The lowest BCUT2D eigenvalue weighted by Gasteiger charge is -2.39. The molecule has 0 bridgehead atoms. The van der Waals surface area contributed by atoms with E-state index in [1.807, 2.05) is 18.2 Å². The molecule has 0 aromatic heterocycles. The van der Waals surface area contributed by atoms with E-state index in [0.29, 0.717) is 6.61 Å². The fraction of sp³-hybridized carbons (Fsp3) is 0.351. The van der Waals surface area contributed by atoms with E-state index < -0.39 is 0 Å². The SMILES string of the molecule is CC1(C)OB(C2(C(c3ccc(OCc4ccccc4)cc3)N(Cc3ccccc3)Cc3ccccc3)CC2)OC1(C)C. The summed E-state index contributed by atoms with van der Waals surface area (Å²) >= 11 is 0. The van der Waals surface area contributed by atoms with Gasteiger partial charge < -0.3 is 14.0 Å². The van der Waals surface area contributed by atoms with Crippen LogP contribution < -0.4 is 4.74 Å². The van der Waals surface area contributed by atoms with Gasteiger partial charge >= 0.3 is 7.12 Å². The van der Waals surface area contributed by atoms with Gasteiger partial charge in [-0.25, -0.2) is 0 Å². The van der Waals surface area contributed by atoms with Crippen LogP contribution in [0.3, 0.4) is 0 Å². The van der Waals surface area contributed by atoms with Crippen molar-refractivity contribution in [3.63, 3.8) is 0 Å². The van der Waals surface area contributed by atoms with Crippen molar-refractivity contribution in [2.75, 3.05) is 0 Å². The van der Waals surface area contributed by atoms with Gasteiger partial charge in [0, 0.05) is 24.4 Å². The lowest BCUT2D eigenvalue weighted by molar-refractivity contribution is 0.00578. The third kappa shape index (κ3) is 6.05. The summed E-state index contributed by atoms with van der Waals surface area (Å²) in [6, 6.07) is 40.7. The van der Waals surface area contributed by atoms with Crippen molar-refractivity contribution in [2.45, 2.75) is 82.8 Å². The molecule has 1 saturated carbocycles. The topological polar surface area (TPSA) is 30.9 Å². The Bertz CT molecular complexity index is 1380. The summed E-state index contributed by atoms with van der Waals surface area (Å²) in [5.74, 6) is 0.875. The first-order chi connectivity index (χ1) is 20.3. The van der Waals surface area contributed by atoms with Gasteiger partial charge in [-0.05, 0) is 74.9 Å². The molecule has 1 atom stereocenters. The van der Waals surface area contributed by atoms with E-state index in [1.165, 1.54) is 16.7 Å². The Morgan fingerprint density at radius 1 is 0.643 bits per heavy atom. The number of hydrogen-bond acceptors (Lipinski definition) is 4. The summed E-state index contributed by atoms with van der Waals surface area (Å²) in [5, 5.41) is -0.152. The highest BCUT2D eigenvalue weighted by Crippen LogP contribution is 2.69. The number of benzene rings is 4. The van der Waals surface area contributed by atoms with Crippen LogP contribution >= 0.6 is 0 Å². The molecule has 2 aliphatic rings. The zero-order valence-electron chi connectivity index (χ0n) is 25.3. The van der Waals surface area contributed by atoms with Gasteiger partial charge in [-0.3, -0.25) is 4.90 Å². The van der Waals surface area contributed by atoms with Crippen LogP contribution in [0.15, 0.2) is 115 Å². The van der Waals surface area contributed by atoms with Crippen LogP contribution in [0.25, 0.3) is 0 Å². The zero-order chi connectivity index (χ0) is 29.2. The number of nitrogens with zero attached hydrogens (tertiary/aromatic N) is 1. The molecule has 216 valence electrons. The smallest absolute Gasteiger partial charge is 0.466 e. The Labute approximate surface area is 251 Å². The molecule has 0 radical (unpaired) electrons. The van der Waals surface area contributed by atoms with Crippen LogP contribution in [-0.4, -0.2) is 23.2 Å². The summed E-state index contributed by atoms with van der Waals surface area (Å²) in [7, 11) is -0.282. The van der Waals surface area contributed by atoms with E-state index in [-0.39, 0.29) is 29.7 Å². The van der Waals surface area contributed by atoms with Gasteiger partial charge in [0.15, 0.2) is 0 Å². The summed E-state index contributed by atoms with van der Waals surface area (Å²) < 4.78 is 19.7. The fourth-order valence-corrected chi connectivity index (χ4v) is 6.13. The molecule has 4 aromatic carbocycles. The van der Waals surface area contributed by atoms with Gasteiger partial charge in [0.1, 0.15) is 12.4 Å². The molecular formula is C37H42BNO3. The predicted octanol–water partition coefficient (Wildman–Crippen LogP) is 8.64. The Hall–Kier alpha value is -3.38. The van der Waals surface area contributed by atoms with E-state index in [0.717, 1.165) is 37.2 Å². The Kier molecular flexibility index (Phi) is 8.02. The van der Waals surface area contributed by atoms with Crippen LogP contribution in [0.2, 0.25) is 5.31 Å². The quantitative estimate of drug-likeness (QED) is 0.172. The lowest BCUT2D eigenvalue weighted by atomic mass is 9.61. The average molecular weight is 560 g/mol. The molecule has 0 spiro atoms. The minimum atomic E-state index is -0.378. The second-order valence-electron chi connectivity index (χ2n) is 12.9. The number of ether oxygens (including phenoxy) is 1. The molecule has 42 heavy (non-hydrogen) atoms. The Morgan fingerprint density at radius 2 is 1.10 bits per heavy atom. The first-order valence-corrected chi connectivity index (χ1v) is 15.2. The maximum absolute atomic E-state index is 6.78. The molecule has 6 rings (SSSR count). The Balaban J connectivity index is 1.36. The summed E-state index contributed by atoms with van der Waals surface area (Å²) in [6.45, 7) is 10.8. The van der Waals surface area contributed by atoms with Crippen LogP contribution in [0.5, 0.6) is 5.75 Å². The molecule has 1 saturated heterocycles. The molecule has 0 amide bonds. The Morgan fingerprint density at radius 3 is 1.55 bits per heavy atom. The molecule has 0 N–H and O–H groups in total. The molecule has 1 heterocycles. The highest BCUT2D eigenvalue weighted by atomic mass is 16.7. The van der Waals surface area contributed by atoms with E-state index in [4.69, 9.17) is 14.0 Å². The van der Waals surface area contributed by atoms with Crippen molar-refractivity contribution in [1.82, 2.24) is 4.90 Å². The summed E-state index contributed by atoms with van der Waals surface area (Å²) in [6.07, 6.45) is 2.11. The van der Waals surface area contributed by atoms with E-state index in [2.05, 4.69) is 130 Å². The normalized spacial score (nSPS) is 19.0. The third-order valence-electron chi connectivity index (χ3n) is 9.36. The largest absolute Gasteiger partial charge is 0.489 e. The highest BCUT2D eigenvalue weighted by molar-refractivity contribution is 6.51. The van der Waals surface area contributed by atoms with Crippen LogP contribution in [0.4, 0.5) is 0 Å². The molecule has 1 unspecified atom stereocenters. The third-order valence-corrected chi connectivity index (χ3v) is 9.36. The molecule has 1 aliphatic heterocycles. The van der Waals surface area contributed by atoms with Crippen molar-refractivity contribution in [1.29, 1.82) is 0 Å². The second-order valence-corrected chi connectivity index (χ2v) is 12.9. The monoisotopic (exact) mass is 559 g/mol. The average Bonchev–Trinajstić information content (AvgIpc) is 3.75. The summed E-state index contributed by atoms with van der Waals surface area (Å²) in [4.78, 5) is 2.63. The van der Waals surface area contributed by atoms with Gasteiger partial charge in [0.2, 0.25) is 0 Å². The van der Waals surface area contributed by atoms with Gasteiger partial charge in [-0.1, -0.05) is 103 Å². The van der Waals surface area contributed by atoms with Crippen LogP contribution in [0.1, 0.15) is 68.8 Å².